The first kappa shape index (κ1) is 19.9. The van der Waals surface area contributed by atoms with Gasteiger partial charge in [0, 0.05) is 17.0 Å². The quantitative estimate of drug-likeness (QED) is 0.621. The second-order valence-electron chi connectivity index (χ2n) is 6.84. The van der Waals surface area contributed by atoms with Gasteiger partial charge < -0.3 is 15.0 Å². The van der Waals surface area contributed by atoms with Crippen LogP contribution >= 0.6 is 34.5 Å². The summed E-state index contributed by atoms with van der Waals surface area (Å²) in [6.07, 6.45) is 0.843. The normalized spacial score (nSPS) is 13.9. The van der Waals surface area contributed by atoms with Crippen molar-refractivity contribution in [3.63, 3.8) is 0 Å². The van der Waals surface area contributed by atoms with E-state index in [1.54, 1.807) is 18.2 Å². The largest absolute Gasteiger partial charge is 0.485 e. The van der Waals surface area contributed by atoms with Gasteiger partial charge in [0.05, 0.1) is 15.7 Å². The lowest BCUT2D eigenvalue weighted by Gasteiger charge is -2.04. The number of anilines is 1. The Labute approximate surface area is 181 Å². The Kier molecular flexibility index (Phi) is 5.38. The summed E-state index contributed by atoms with van der Waals surface area (Å²) in [7, 11) is 0. The van der Waals surface area contributed by atoms with Gasteiger partial charge in [-0.1, -0.05) is 33.9 Å². The van der Waals surface area contributed by atoms with Crippen molar-refractivity contribution in [1.82, 2.24) is 10.1 Å². The number of fused-ring (bicyclic) bond motifs is 1. The lowest BCUT2D eigenvalue weighted by molar-refractivity contribution is 0.287. The van der Waals surface area contributed by atoms with Crippen molar-refractivity contribution in [2.75, 3.05) is 5.73 Å². The van der Waals surface area contributed by atoms with E-state index < -0.39 is 0 Å². The highest BCUT2D eigenvalue weighted by atomic mass is 35.5. The molecule has 0 saturated carbocycles. The first-order valence-electron chi connectivity index (χ1n) is 8.87. The topological polar surface area (TPSA) is 86.5 Å². The third-order valence-corrected chi connectivity index (χ3v) is 6.52. The molecular weight excluding hydrogens is 431 g/mol. The van der Waals surface area contributed by atoms with Gasteiger partial charge >= 0.3 is 0 Å². The molecule has 9 heteroatoms. The van der Waals surface area contributed by atoms with Crippen molar-refractivity contribution in [1.29, 1.82) is 0 Å². The molecule has 0 fully saturated rings. The Morgan fingerprint density at radius 3 is 2.72 bits per heavy atom. The lowest BCUT2D eigenvalue weighted by atomic mass is 10.1. The maximum Gasteiger partial charge on any atom is 0.270 e. The Morgan fingerprint density at radius 1 is 1.17 bits per heavy atom. The monoisotopic (exact) mass is 448 g/mol. The highest BCUT2D eigenvalue weighted by Crippen LogP contribution is 2.29. The number of aromatic nitrogens is 2. The van der Waals surface area contributed by atoms with Crippen LogP contribution < -0.4 is 20.4 Å². The molecule has 0 unspecified atom stereocenters. The first-order valence-corrected chi connectivity index (χ1v) is 10.4. The second-order valence-corrected chi connectivity index (χ2v) is 8.65. The zero-order chi connectivity index (χ0) is 20.7. The van der Waals surface area contributed by atoms with E-state index in [-0.39, 0.29) is 6.61 Å². The zero-order valence-electron chi connectivity index (χ0n) is 16.0. The van der Waals surface area contributed by atoms with Gasteiger partial charge in [0.25, 0.3) is 5.89 Å². The van der Waals surface area contributed by atoms with Crippen LogP contribution in [0.3, 0.4) is 0 Å². The van der Waals surface area contributed by atoms with Crippen molar-refractivity contribution in [2.45, 2.75) is 33.8 Å². The van der Waals surface area contributed by atoms with Gasteiger partial charge in [0.15, 0.2) is 6.61 Å². The minimum atomic E-state index is 0.128. The van der Waals surface area contributed by atoms with Crippen LogP contribution in [-0.2, 0) is 6.61 Å². The fraction of sp³-hybridized carbons (Fsp3) is 0.250. The van der Waals surface area contributed by atoms with E-state index in [2.05, 4.69) is 24.0 Å². The molecule has 0 amide bonds. The zero-order valence-corrected chi connectivity index (χ0v) is 18.4. The number of benzene rings is 1. The fourth-order valence-electron chi connectivity index (χ4n) is 3.06. The van der Waals surface area contributed by atoms with Crippen LogP contribution in [0, 0.1) is 0 Å². The molecule has 1 aliphatic rings. The molecule has 3 heterocycles. The number of halogens is 2. The fourth-order valence-corrected chi connectivity index (χ4v) is 4.50. The number of nitrogen functional groups attached to an aromatic ring is 1. The van der Waals surface area contributed by atoms with Crippen LogP contribution in [0.5, 0.6) is 5.75 Å². The number of nitrogens with zero attached hydrogens (tertiary/aromatic N) is 3. The van der Waals surface area contributed by atoms with Gasteiger partial charge in [0.1, 0.15) is 15.3 Å². The third kappa shape index (κ3) is 3.90. The standard InChI is InChI=1S/C20H18Cl2N4O2S/c1-9-6-10(2)16-17(23)18(29-20(16)24-11(9)3)19-25-15(26-28-19)8-27-12-4-5-13(21)14(22)7-12/h4-5,7H,6,8,23H2,1-3H3. The second kappa shape index (κ2) is 7.82. The van der Waals surface area contributed by atoms with Crippen molar-refractivity contribution in [3.05, 3.63) is 55.2 Å². The van der Waals surface area contributed by atoms with E-state index in [1.165, 1.54) is 22.5 Å². The minimum absolute atomic E-state index is 0.128. The molecule has 0 bridgehead atoms. The van der Waals surface area contributed by atoms with Crippen LogP contribution in [-0.4, -0.2) is 10.1 Å². The molecule has 2 aromatic heterocycles. The van der Waals surface area contributed by atoms with Crippen LogP contribution in [0.4, 0.5) is 5.69 Å². The predicted octanol–water partition coefficient (Wildman–Crippen LogP) is 4.75. The van der Waals surface area contributed by atoms with Crippen molar-refractivity contribution >= 4 is 45.8 Å². The van der Waals surface area contributed by atoms with Crippen LogP contribution in [0.25, 0.3) is 16.3 Å². The van der Waals surface area contributed by atoms with Crippen molar-refractivity contribution < 1.29 is 9.26 Å². The average molecular weight is 449 g/mol. The number of nitrogens with two attached hydrogens (primary N) is 1. The van der Waals surface area contributed by atoms with E-state index in [0.29, 0.717) is 33.2 Å². The Hall–Kier alpha value is -2.35. The van der Waals surface area contributed by atoms with Gasteiger partial charge in [-0.25, -0.2) is 4.99 Å². The molecule has 0 spiro atoms. The van der Waals surface area contributed by atoms with E-state index in [4.69, 9.17) is 43.2 Å². The molecule has 3 aromatic rings. The highest BCUT2D eigenvalue weighted by Gasteiger charge is 2.19. The Bertz CT molecular complexity index is 1260. The lowest BCUT2D eigenvalue weighted by Crippen LogP contribution is -2.23. The Morgan fingerprint density at radius 2 is 1.97 bits per heavy atom. The maximum atomic E-state index is 6.44. The minimum Gasteiger partial charge on any atom is -0.485 e. The van der Waals surface area contributed by atoms with Crippen LogP contribution in [0.15, 0.2) is 39.0 Å². The van der Waals surface area contributed by atoms with Crippen molar-refractivity contribution in [2.24, 2.45) is 4.99 Å². The molecule has 4 rings (SSSR count). The van der Waals surface area contributed by atoms with Crippen LogP contribution in [0.2, 0.25) is 10.0 Å². The summed E-state index contributed by atoms with van der Waals surface area (Å²) in [6.45, 7) is 6.31. The predicted molar refractivity (Wildman–Crippen MR) is 116 cm³/mol. The molecule has 1 aliphatic heterocycles. The number of allylic oxidation sites excluding steroid dienone is 2. The van der Waals surface area contributed by atoms with E-state index >= 15 is 0 Å². The summed E-state index contributed by atoms with van der Waals surface area (Å²) >= 11 is 13.4. The summed E-state index contributed by atoms with van der Waals surface area (Å²) in [4.78, 5) is 9.88. The molecule has 6 nitrogen and oxygen atoms in total. The average Bonchev–Trinajstić information content (AvgIpc) is 3.24. The molecular formula is C20H18Cl2N4O2S. The molecule has 0 atom stereocenters. The molecule has 0 saturated heterocycles. The van der Waals surface area contributed by atoms with Gasteiger partial charge in [0.2, 0.25) is 5.82 Å². The molecule has 1 aromatic carbocycles. The van der Waals surface area contributed by atoms with Gasteiger partial charge in [-0.2, -0.15) is 4.98 Å². The van der Waals surface area contributed by atoms with Gasteiger partial charge in [-0.3, -0.25) is 0 Å². The highest BCUT2D eigenvalue weighted by molar-refractivity contribution is 7.13. The molecule has 2 N–H and O–H groups in total. The van der Waals surface area contributed by atoms with E-state index in [9.17, 15) is 0 Å². The third-order valence-electron chi connectivity index (χ3n) is 4.69. The summed E-state index contributed by atoms with van der Waals surface area (Å²) in [5.41, 5.74) is 10.5. The van der Waals surface area contributed by atoms with Crippen molar-refractivity contribution in [3.8, 4) is 16.5 Å². The molecule has 0 radical (unpaired) electrons. The summed E-state index contributed by atoms with van der Waals surface area (Å²) < 4.78 is 12.0. The number of hydrogen-bond donors (Lipinski definition) is 1. The summed E-state index contributed by atoms with van der Waals surface area (Å²) in [5.74, 6) is 1.32. The molecule has 29 heavy (non-hydrogen) atoms. The van der Waals surface area contributed by atoms with E-state index in [0.717, 1.165) is 26.9 Å². The summed E-state index contributed by atoms with van der Waals surface area (Å²) in [6, 6.07) is 5.03. The molecule has 150 valence electrons. The van der Waals surface area contributed by atoms with E-state index in [1.807, 2.05) is 6.92 Å². The SMILES string of the molecule is CC1=C(C)N=c2sc(-c3nc(COc4ccc(Cl)c(Cl)c4)no3)c(N)c2=C(C)C1. The molecule has 0 aliphatic carbocycles. The summed E-state index contributed by atoms with van der Waals surface area (Å²) in [5, 5.41) is 5.84. The maximum absolute atomic E-state index is 6.44. The number of ether oxygens (including phenoxy) is 1. The van der Waals surface area contributed by atoms with Gasteiger partial charge in [-0.15, -0.1) is 11.3 Å². The first-order chi connectivity index (χ1) is 13.8. The Balaban J connectivity index is 1.62. The number of rotatable bonds is 4. The van der Waals surface area contributed by atoms with Crippen LogP contribution in [0.1, 0.15) is 33.0 Å². The van der Waals surface area contributed by atoms with Gasteiger partial charge in [-0.05, 0) is 44.9 Å². The number of hydrogen-bond acceptors (Lipinski definition) is 7. The smallest absolute Gasteiger partial charge is 0.270 e. The number of thiophene rings is 1.